The Labute approximate surface area is 307 Å². The molecule has 3 saturated carbocycles. The largest absolute Gasteiger partial charge is 0.462 e. The molecule has 280 valence electrons. The van der Waals surface area contributed by atoms with E-state index in [2.05, 4.69) is 84.1 Å². The summed E-state index contributed by atoms with van der Waals surface area (Å²) in [4.78, 5) is 12.8. The van der Waals surface area contributed by atoms with E-state index in [1.165, 1.54) is 57.8 Å². The number of esters is 1. The first-order valence-electron chi connectivity index (χ1n) is 20.9. The van der Waals surface area contributed by atoms with Gasteiger partial charge in [-0.25, -0.2) is 0 Å². The number of carbonyl (C=O) groups is 1. The molecule has 0 amide bonds. The number of allylic oxidation sites excluding steroid dienone is 9. The third-order valence-electron chi connectivity index (χ3n) is 13.5. The Morgan fingerprint density at radius 1 is 0.900 bits per heavy atom. The molecule has 9 atom stereocenters. The van der Waals surface area contributed by atoms with Gasteiger partial charge in [-0.15, -0.1) is 0 Å². The average molecular weight is 687 g/mol. The lowest BCUT2D eigenvalue weighted by Crippen LogP contribution is -2.51. The minimum absolute atomic E-state index is 0.0231. The highest BCUT2D eigenvalue weighted by Crippen LogP contribution is 2.67. The predicted molar refractivity (Wildman–Crippen MR) is 213 cm³/mol. The first-order valence-corrected chi connectivity index (χ1v) is 20.9. The molecule has 1 N–H and O–H groups in total. The van der Waals surface area contributed by atoms with Crippen LogP contribution in [0.15, 0.2) is 72.4 Å². The molecule has 50 heavy (non-hydrogen) atoms. The second-order valence-electron chi connectivity index (χ2n) is 17.4. The minimum atomic E-state index is -0.446. The van der Waals surface area contributed by atoms with E-state index in [0.29, 0.717) is 23.7 Å². The molecule has 0 aliphatic heterocycles. The van der Waals surface area contributed by atoms with Crippen molar-refractivity contribution in [2.45, 2.75) is 169 Å². The fraction of sp³-hybridized carbons (Fsp3) is 0.723. The lowest BCUT2D eigenvalue weighted by atomic mass is 9.47. The Kier molecular flexibility index (Phi) is 16.4. The van der Waals surface area contributed by atoms with Crippen molar-refractivity contribution < 1.29 is 14.6 Å². The van der Waals surface area contributed by atoms with Gasteiger partial charge in [-0.2, -0.15) is 0 Å². The lowest BCUT2D eigenvalue weighted by molar-refractivity contribution is -0.151. The van der Waals surface area contributed by atoms with Gasteiger partial charge < -0.3 is 9.84 Å². The van der Waals surface area contributed by atoms with Gasteiger partial charge in [0.15, 0.2) is 0 Å². The van der Waals surface area contributed by atoms with Gasteiger partial charge in [0.2, 0.25) is 0 Å². The standard InChI is InChI=1S/C47H74O3/c1-7-8-9-10-15-18-24-39(48)25-19-16-13-11-12-14-17-20-26-45(49)50-40-31-33-46(5)38(35-40)27-28-41-43-30-29-42(37(4)23-21-22-36(2)3)47(43,6)34-32-44(41)46/h8-9,12-16,18-19,25,27,36-37,39-44,48H,7,10-11,17,20-24,26,28-35H2,1-6H3/b9-8-,14-12-,16-13-,18-15-,25-19+/t37-,39?,40+,41+,42-,43+,44+,46+,47-/m1/s1. The first kappa shape index (κ1) is 40.6. The monoisotopic (exact) mass is 687 g/mol. The van der Waals surface area contributed by atoms with Crippen LogP contribution in [-0.2, 0) is 9.53 Å². The minimum Gasteiger partial charge on any atom is -0.462 e. The lowest BCUT2D eigenvalue weighted by Gasteiger charge is -2.58. The molecule has 0 aromatic heterocycles. The topological polar surface area (TPSA) is 46.5 Å². The van der Waals surface area contributed by atoms with E-state index < -0.39 is 6.10 Å². The fourth-order valence-corrected chi connectivity index (χ4v) is 10.8. The summed E-state index contributed by atoms with van der Waals surface area (Å²) in [5.74, 6) is 5.11. The molecule has 4 aliphatic rings. The van der Waals surface area contributed by atoms with Gasteiger partial charge in [-0.3, -0.25) is 4.79 Å². The van der Waals surface area contributed by atoms with Crippen molar-refractivity contribution >= 4 is 5.97 Å². The van der Waals surface area contributed by atoms with Gasteiger partial charge in [0.25, 0.3) is 0 Å². The predicted octanol–water partition coefficient (Wildman–Crippen LogP) is 12.8. The van der Waals surface area contributed by atoms with Crippen molar-refractivity contribution in [1.29, 1.82) is 0 Å². The smallest absolute Gasteiger partial charge is 0.306 e. The summed E-state index contributed by atoms with van der Waals surface area (Å²) in [7, 11) is 0. The van der Waals surface area contributed by atoms with E-state index >= 15 is 0 Å². The summed E-state index contributed by atoms with van der Waals surface area (Å²) in [6.07, 6.45) is 42.8. The van der Waals surface area contributed by atoms with Crippen LogP contribution in [0.3, 0.4) is 0 Å². The van der Waals surface area contributed by atoms with Crippen molar-refractivity contribution in [3.8, 4) is 0 Å². The van der Waals surface area contributed by atoms with E-state index in [0.717, 1.165) is 80.5 Å². The third-order valence-corrected chi connectivity index (χ3v) is 13.5. The molecule has 0 aromatic carbocycles. The van der Waals surface area contributed by atoms with Crippen LogP contribution in [0.1, 0.15) is 157 Å². The molecule has 4 aliphatic carbocycles. The second kappa shape index (κ2) is 20.2. The fourth-order valence-electron chi connectivity index (χ4n) is 10.8. The van der Waals surface area contributed by atoms with Crippen LogP contribution in [0, 0.1) is 46.3 Å². The number of aliphatic hydroxyl groups excluding tert-OH is 1. The molecule has 0 bridgehead atoms. The van der Waals surface area contributed by atoms with Crippen molar-refractivity contribution in [3.05, 3.63) is 72.4 Å². The van der Waals surface area contributed by atoms with E-state index in [1.54, 1.807) is 5.57 Å². The van der Waals surface area contributed by atoms with Gasteiger partial charge >= 0.3 is 5.97 Å². The van der Waals surface area contributed by atoms with E-state index in [1.807, 2.05) is 24.3 Å². The molecular weight excluding hydrogens is 613 g/mol. The van der Waals surface area contributed by atoms with Crippen molar-refractivity contribution in [3.63, 3.8) is 0 Å². The van der Waals surface area contributed by atoms with E-state index in [9.17, 15) is 9.90 Å². The van der Waals surface area contributed by atoms with Crippen molar-refractivity contribution in [2.75, 3.05) is 0 Å². The zero-order valence-corrected chi connectivity index (χ0v) is 33.0. The second-order valence-corrected chi connectivity index (χ2v) is 17.4. The van der Waals surface area contributed by atoms with Crippen LogP contribution < -0.4 is 0 Å². The maximum Gasteiger partial charge on any atom is 0.306 e. The molecule has 0 radical (unpaired) electrons. The summed E-state index contributed by atoms with van der Waals surface area (Å²) < 4.78 is 6.08. The van der Waals surface area contributed by atoms with E-state index in [-0.39, 0.29) is 12.1 Å². The van der Waals surface area contributed by atoms with Gasteiger partial charge in [0, 0.05) is 12.8 Å². The van der Waals surface area contributed by atoms with Crippen LogP contribution in [-0.4, -0.2) is 23.3 Å². The average Bonchev–Trinajstić information content (AvgIpc) is 3.44. The Morgan fingerprint density at radius 3 is 2.48 bits per heavy atom. The quantitative estimate of drug-likeness (QED) is 0.0637. The number of unbranched alkanes of at least 4 members (excludes halogenated alkanes) is 1. The van der Waals surface area contributed by atoms with Crippen molar-refractivity contribution in [1.82, 2.24) is 0 Å². The first-order chi connectivity index (χ1) is 24.1. The number of fused-ring (bicyclic) bond motifs is 5. The molecule has 0 aromatic rings. The van der Waals surface area contributed by atoms with Gasteiger partial charge in [0.05, 0.1) is 6.10 Å². The van der Waals surface area contributed by atoms with Crippen LogP contribution in [0.2, 0.25) is 0 Å². The number of ether oxygens (including phenoxy) is 1. The number of hydrogen-bond donors (Lipinski definition) is 1. The Bertz CT molecular complexity index is 1220. The number of rotatable bonds is 19. The maximum atomic E-state index is 12.8. The SMILES string of the molecule is CC/C=C\C/C=C\CC(O)/C=C/C=C\C/C=C\CCCC(=O)O[C@H]1CC[C@@]2(C)C(=CC[C@H]3[C@@H]4CC[C@H]([C@H](C)CCCC(C)C)[C@@]4(C)CC[C@@H]32)C1. The van der Waals surface area contributed by atoms with Crippen molar-refractivity contribution in [2.24, 2.45) is 46.3 Å². The molecule has 1 unspecified atom stereocenters. The molecule has 4 rings (SSSR count). The zero-order chi connectivity index (χ0) is 36.0. The Balaban J connectivity index is 1.14. The normalized spacial score (nSPS) is 32.6. The Morgan fingerprint density at radius 2 is 1.68 bits per heavy atom. The summed E-state index contributed by atoms with van der Waals surface area (Å²) in [6.45, 7) is 14.7. The Hall–Kier alpha value is -2.13. The summed E-state index contributed by atoms with van der Waals surface area (Å²) in [5, 5.41) is 10.0. The van der Waals surface area contributed by atoms with Crippen LogP contribution in [0.5, 0.6) is 0 Å². The van der Waals surface area contributed by atoms with Gasteiger partial charge in [0.1, 0.15) is 6.10 Å². The molecule has 3 fully saturated rings. The van der Waals surface area contributed by atoms with Crippen LogP contribution >= 0.6 is 0 Å². The maximum absolute atomic E-state index is 12.8. The van der Waals surface area contributed by atoms with Crippen LogP contribution in [0.4, 0.5) is 0 Å². The number of hydrogen-bond acceptors (Lipinski definition) is 3. The molecular formula is C47H74O3. The molecule has 3 heteroatoms. The summed E-state index contributed by atoms with van der Waals surface area (Å²) in [5.41, 5.74) is 2.44. The van der Waals surface area contributed by atoms with Crippen LogP contribution in [0.25, 0.3) is 0 Å². The summed E-state index contributed by atoms with van der Waals surface area (Å²) >= 11 is 0. The highest BCUT2D eigenvalue weighted by Gasteiger charge is 2.59. The molecule has 0 spiro atoms. The molecule has 0 heterocycles. The molecule has 0 saturated heterocycles. The number of aliphatic hydroxyl groups is 1. The van der Waals surface area contributed by atoms with Gasteiger partial charge in [-0.05, 0) is 130 Å². The van der Waals surface area contributed by atoms with E-state index in [4.69, 9.17) is 4.74 Å². The third kappa shape index (κ3) is 11.2. The summed E-state index contributed by atoms with van der Waals surface area (Å²) in [6, 6.07) is 0. The highest BCUT2D eigenvalue weighted by atomic mass is 16.5. The highest BCUT2D eigenvalue weighted by molar-refractivity contribution is 5.69. The zero-order valence-electron chi connectivity index (χ0n) is 33.0. The molecule has 3 nitrogen and oxygen atoms in total. The van der Waals surface area contributed by atoms with Gasteiger partial charge in [-0.1, -0.05) is 133 Å². The number of carbonyl (C=O) groups excluding carboxylic acids is 1.